The van der Waals surface area contributed by atoms with Crippen molar-refractivity contribution in [1.82, 2.24) is 20.0 Å². The normalized spacial score (nSPS) is 16.7. The Morgan fingerprint density at radius 1 is 1.00 bits per heavy atom. The maximum atomic E-state index is 12.8. The topological polar surface area (TPSA) is 69.6 Å². The Morgan fingerprint density at radius 3 is 2.26 bits per heavy atom. The first kappa shape index (κ1) is 21.3. The Balaban J connectivity index is 1.30. The zero-order chi connectivity index (χ0) is 21.8. The molecule has 0 radical (unpaired) electrons. The summed E-state index contributed by atoms with van der Waals surface area (Å²) < 4.78 is 0. The smallest absolute Gasteiger partial charge is 0.242 e. The standard InChI is InChI=1S/C24H31N5O2/c1-3-27(24(31)20-5-4-6-20)17-23(30)29-15-13-28(14-16-29)22-12-11-21(25-26-22)19-9-7-18(2)8-10-19/h7-12,20H,3-6,13-17H2,1-2H3. The quantitative estimate of drug-likeness (QED) is 0.717. The average molecular weight is 422 g/mol. The van der Waals surface area contributed by atoms with Crippen LogP contribution in [0.2, 0.25) is 0 Å². The first-order chi connectivity index (χ1) is 15.0. The number of benzene rings is 1. The monoisotopic (exact) mass is 421 g/mol. The molecule has 2 amide bonds. The van der Waals surface area contributed by atoms with Crippen molar-refractivity contribution >= 4 is 17.6 Å². The van der Waals surface area contributed by atoms with Crippen LogP contribution < -0.4 is 4.90 Å². The number of likely N-dealkylation sites (N-methyl/N-ethyl adjacent to an activating group) is 1. The molecular formula is C24H31N5O2. The predicted molar refractivity (Wildman–Crippen MR) is 121 cm³/mol. The van der Waals surface area contributed by atoms with Crippen LogP contribution in [0, 0.1) is 12.8 Å². The van der Waals surface area contributed by atoms with Crippen LogP contribution in [0.4, 0.5) is 5.82 Å². The first-order valence-corrected chi connectivity index (χ1v) is 11.3. The lowest BCUT2D eigenvalue weighted by Crippen LogP contribution is -2.52. The van der Waals surface area contributed by atoms with Crippen molar-refractivity contribution in [2.45, 2.75) is 33.1 Å². The molecule has 1 aromatic heterocycles. The van der Waals surface area contributed by atoms with E-state index in [1.165, 1.54) is 5.56 Å². The van der Waals surface area contributed by atoms with Crippen LogP contribution in [0.5, 0.6) is 0 Å². The summed E-state index contributed by atoms with van der Waals surface area (Å²) in [6.07, 6.45) is 3.05. The number of piperazine rings is 1. The van der Waals surface area contributed by atoms with Gasteiger partial charge in [0.1, 0.15) is 0 Å². The fourth-order valence-electron chi connectivity index (χ4n) is 4.08. The maximum Gasteiger partial charge on any atom is 0.242 e. The summed E-state index contributed by atoms with van der Waals surface area (Å²) in [4.78, 5) is 31.0. The summed E-state index contributed by atoms with van der Waals surface area (Å²) >= 11 is 0. The van der Waals surface area contributed by atoms with Crippen LogP contribution >= 0.6 is 0 Å². The average Bonchev–Trinajstić information content (AvgIpc) is 2.77. The number of hydrogen-bond donors (Lipinski definition) is 0. The second-order valence-corrected chi connectivity index (χ2v) is 8.49. The van der Waals surface area contributed by atoms with Gasteiger partial charge in [0, 0.05) is 44.2 Å². The van der Waals surface area contributed by atoms with Gasteiger partial charge >= 0.3 is 0 Å². The predicted octanol–water partition coefficient (Wildman–Crippen LogP) is 2.75. The lowest BCUT2D eigenvalue weighted by molar-refractivity contribution is -0.144. The van der Waals surface area contributed by atoms with Crippen LogP contribution in [0.1, 0.15) is 31.7 Å². The Hall–Kier alpha value is -2.96. The number of rotatable bonds is 6. The number of aryl methyl sites for hydroxylation is 1. The lowest BCUT2D eigenvalue weighted by atomic mass is 9.84. The Morgan fingerprint density at radius 2 is 1.71 bits per heavy atom. The number of anilines is 1. The first-order valence-electron chi connectivity index (χ1n) is 11.3. The van der Waals surface area contributed by atoms with Gasteiger partial charge < -0.3 is 14.7 Å². The fraction of sp³-hybridized carbons (Fsp3) is 0.500. The highest BCUT2D eigenvalue weighted by Gasteiger charge is 2.31. The third-order valence-corrected chi connectivity index (χ3v) is 6.43. The highest BCUT2D eigenvalue weighted by Crippen LogP contribution is 2.28. The molecule has 2 fully saturated rings. The molecule has 1 aliphatic heterocycles. The van der Waals surface area contributed by atoms with Crippen LogP contribution in [-0.4, -0.2) is 71.1 Å². The summed E-state index contributed by atoms with van der Waals surface area (Å²) in [6, 6.07) is 12.2. The van der Waals surface area contributed by atoms with Crippen molar-refractivity contribution in [3.63, 3.8) is 0 Å². The number of hydrogen-bond acceptors (Lipinski definition) is 5. The molecule has 1 saturated heterocycles. The Labute approximate surface area is 184 Å². The third kappa shape index (κ3) is 4.86. The maximum absolute atomic E-state index is 12.8. The highest BCUT2D eigenvalue weighted by molar-refractivity contribution is 5.86. The molecule has 164 valence electrons. The van der Waals surface area contributed by atoms with Gasteiger partial charge in [-0.25, -0.2) is 0 Å². The molecule has 1 aliphatic carbocycles. The van der Waals surface area contributed by atoms with E-state index >= 15 is 0 Å². The van der Waals surface area contributed by atoms with Gasteiger partial charge in [-0.3, -0.25) is 9.59 Å². The zero-order valence-corrected chi connectivity index (χ0v) is 18.5. The molecule has 7 heteroatoms. The van der Waals surface area contributed by atoms with Crippen molar-refractivity contribution in [2.24, 2.45) is 5.92 Å². The minimum absolute atomic E-state index is 0.0370. The van der Waals surface area contributed by atoms with E-state index in [9.17, 15) is 9.59 Å². The zero-order valence-electron chi connectivity index (χ0n) is 18.5. The van der Waals surface area contributed by atoms with Crippen LogP contribution in [-0.2, 0) is 9.59 Å². The summed E-state index contributed by atoms with van der Waals surface area (Å²) in [7, 11) is 0. The second-order valence-electron chi connectivity index (χ2n) is 8.49. The molecule has 0 unspecified atom stereocenters. The number of amides is 2. The molecule has 0 spiro atoms. The number of carbonyl (C=O) groups is 2. The Kier molecular flexibility index (Phi) is 6.49. The van der Waals surface area contributed by atoms with E-state index < -0.39 is 0 Å². The third-order valence-electron chi connectivity index (χ3n) is 6.43. The minimum Gasteiger partial charge on any atom is -0.352 e. The van der Waals surface area contributed by atoms with E-state index in [4.69, 9.17) is 0 Å². The fourth-order valence-corrected chi connectivity index (χ4v) is 4.08. The molecule has 1 saturated carbocycles. The number of aromatic nitrogens is 2. The van der Waals surface area contributed by atoms with Gasteiger partial charge in [0.2, 0.25) is 11.8 Å². The van der Waals surface area contributed by atoms with E-state index in [1.807, 2.05) is 24.0 Å². The van der Waals surface area contributed by atoms with Gasteiger partial charge in [-0.15, -0.1) is 10.2 Å². The largest absolute Gasteiger partial charge is 0.352 e. The van der Waals surface area contributed by atoms with Gasteiger partial charge in [-0.1, -0.05) is 36.2 Å². The van der Waals surface area contributed by atoms with Crippen molar-refractivity contribution in [2.75, 3.05) is 44.2 Å². The molecule has 2 heterocycles. The van der Waals surface area contributed by atoms with Gasteiger partial charge in [-0.2, -0.15) is 0 Å². The second kappa shape index (κ2) is 9.45. The van der Waals surface area contributed by atoms with Gasteiger partial charge in [0.15, 0.2) is 5.82 Å². The molecule has 2 aromatic rings. The van der Waals surface area contributed by atoms with Crippen molar-refractivity contribution < 1.29 is 9.59 Å². The highest BCUT2D eigenvalue weighted by atomic mass is 16.2. The van der Waals surface area contributed by atoms with Crippen LogP contribution in [0.3, 0.4) is 0 Å². The summed E-state index contributed by atoms with van der Waals surface area (Å²) in [5.74, 6) is 1.14. The van der Waals surface area contributed by atoms with E-state index in [1.54, 1.807) is 4.90 Å². The number of nitrogens with zero attached hydrogens (tertiary/aromatic N) is 5. The van der Waals surface area contributed by atoms with E-state index in [-0.39, 0.29) is 24.3 Å². The summed E-state index contributed by atoms with van der Waals surface area (Å²) in [5, 5.41) is 8.80. The molecule has 0 N–H and O–H groups in total. The summed E-state index contributed by atoms with van der Waals surface area (Å²) in [5.41, 5.74) is 3.13. The Bertz CT molecular complexity index is 901. The molecule has 0 bridgehead atoms. The van der Waals surface area contributed by atoms with Crippen molar-refractivity contribution in [3.05, 3.63) is 42.0 Å². The molecule has 0 atom stereocenters. The molecule has 2 aliphatic rings. The minimum atomic E-state index is 0.0370. The molecule has 31 heavy (non-hydrogen) atoms. The molecule has 7 nitrogen and oxygen atoms in total. The van der Waals surface area contributed by atoms with Crippen LogP contribution in [0.25, 0.3) is 11.3 Å². The SMILES string of the molecule is CCN(CC(=O)N1CCN(c2ccc(-c3ccc(C)cc3)nn2)CC1)C(=O)C1CCC1. The van der Waals surface area contributed by atoms with Crippen molar-refractivity contribution in [3.8, 4) is 11.3 Å². The summed E-state index contributed by atoms with van der Waals surface area (Å²) in [6.45, 7) is 7.49. The number of carbonyl (C=O) groups excluding carboxylic acids is 2. The van der Waals surface area contributed by atoms with Gasteiger partial charge in [0.25, 0.3) is 0 Å². The van der Waals surface area contributed by atoms with Crippen LogP contribution in [0.15, 0.2) is 36.4 Å². The van der Waals surface area contributed by atoms with Gasteiger partial charge in [0.05, 0.1) is 12.2 Å². The molecular weight excluding hydrogens is 390 g/mol. The van der Waals surface area contributed by atoms with E-state index in [0.717, 1.165) is 36.3 Å². The lowest BCUT2D eigenvalue weighted by Gasteiger charge is -2.37. The molecule has 4 rings (SSSR count). The van der Waals surface area contributed by atoms with E-state index in [0.29, 0.717) is 32.7 Å². The van der Waals surface area contributed by atoms with Crippen molar-refractivity contribution in [1.29, 1.82) is 0 Å². The van der Waals surface area contributed by atoms with Gasteiger partial charge in [-0.05, 0) is 38.8 Å². The van der Waals surface area contributed by atoms with E-state index in [2.05, 4.69) is 46.3 Å². The molecule has 1 aromatic carbocycles.